The van der Waals surface area contributed by atoms with Crippen LogP contribution in [0, 0.1) is 11.3 Å². The zero-order valence-electron chi connectivity index (χ0n) is 15.7. The van der Waals surface area contributed by atoms with Gasteiger partial charge in [-0.15, -0.1) is 0 Å². The van der Waals surface area contributed by atoms with Crippen molar-refractivity contribution < 1.29 is 19.1 Å². The van der Waals surface area contributed by atoms with Gasteiger partial charge in [-0.2, -0.15) is 5.26 Å². The predicted octanol–water partition coefficient (Wildman–Crippen LogP) is 1.26. The van der Waals surface area contributed by atoms with Gasteiger partial charge in [-0.1, -0.05) is 0 Å². The molecular formula is C17H28N4O4. The van der Waals surface area contributed by atoms with Gasteiger partial charge in [0.1, 0.15) is 11.1 Å². The molecule has 0 spiro atoms. The molecule has 1 aliphatic rings. The third-order valence-electron chi connectivity index (χ3n) is 3.58. The van der Waals surface area contributed by atoms with E-state index in [2.05, 4.69) is 5.32 Å². The second-order valence-electron chi connectivity index (χ2n) is 7.63. The van der Waals surface area contributed by atoms with Crippen LogP contribution in [-0.2, 0) is 14.3 Å². The van der Waals surface area contributed by atoms with Crippen LogP contribution in [0.2, 0.25) is 0 Å². The number of carbonyl (C=O) groups excluding carboxylic acids is 3. The maximum absolute atomic E-state index is 12.2. The molecule has 1 N–H and O–H groups in total. The highest BCUT2D eigenvalue weighted by atomic mass is 16.6. The van der Waals surface area contributed by atoms with Gasteiger partial charge in [0.05, 0.1) is 6.07 Å². The van der Waals surface area contributed by atoms with Crippen molar-refractivity contribution in [2.45, 2.75) is 58.6 Å². The Morgan fingerprint density at radius 1 is 1.00 bits per heavy atom. The third-order valence-corrected chi connectivity index (χ3v) is 3.58. The lowest BCUT2D eigenvalue weighted by Gasteiger charge is -2.35. The SMILES string of the molecule is CC(C)(C#N)NC(=O)CCC(=O)N1CCN(C(=O)OC(C)(C)C)CC1. The number of hydrogen-bond donors (Lipinski definition) is 1. The number of piperazine rings is 1. The molecule has 8 nitrogen and oxygen atoms in total. The van der Waals surface area contributed by atoms with Crippen LogP contribution < -0.4 is 5.32 Å². The minimum atomic E-state index is -0.945. The first-order valence-corrected chi connectivity index (χ1v) is 8.41. The molecule has 0 aromatic heterocycles. The number of nitrogens with one attached hydrogen (secondary N) is 1. The van der Waals surface area contributed by atoms with Crippen molar-refractivity contribution in [2.75, 3.05) is 26.2 Å². The average Bonchev–Trinajstić information content (AvgIpc) is 2.50. The Balaban J connectivity index is 2.37. The minimum absolute atomic E-state index is 0.0379. The number of ether oxygens (including phenoxy) is 1. The van der Waals surface area contributed by atoms with Gasteiger partial charge in [0, 0.05) is 39.0 Å². The summed E-state index contributed by atoms with van der Waals surface area (Å²) in [5.74, 6) is -0.457. The molecule has 0 unspecified atom stereocenters. The molecule has 0 bridgehead atoms. The molecule has 0 aliphatic carbocycles. The molecule has 1 saturated heterocycles. The van der Waals surface area contributed by atoms with Gasteiger partial charge in [0.25, 0.3) is 0 Å². The van der Waals surface area contributed by atoms with E-state index in [0.29, 0.717) is 26.2 Å². The number of rotatable bonds is 4. The Hall–Kier alpha value is -2.30. The smallest absolute Gasteiger partial charge is 0.410 e. The summed E-state index contributed by atoms with van der Waals surface area (Å²) in [5.41, 5.74) is -1.49. The standard InChI is InChI=1S/C17H28N4O4/c1-16(2,3)25-15(24)21-10-8-20(9-11-21)14(23)7-6-13(22)19-17(4,5)12-18/h6-11H2,1-5H3,(H,19,22). The molecule has 0 aromatic carbocycles. The van der Waals surface area contributed by atoms with Gasteiger partial charge in [0.15, 0.2) is 0 Å². The molecule has 8 heteroatoms. The van der Waals surface area contributed by atoms with Crippen LogP contribution in [0.4, 0.5) is 4.79 Å². The van der Waals surface area contributed by atoms with E-state index < -0.39 is 11.1 Å². The predicted molar refractivity (Wildman–Crippen MR) is 91.5 cm³/mol. The van der Waals surface area contributed by atoms with Crippen molar-refractivity contribution in [3.05, 3.63) is 0 Å². The van der Waals surface area contributed by atoms with Crippen molar-refractivity contribution in [1.82, 2.24) is 15.1 Å². The van der Waals surface area contributed by atoms with Crippen LogP contribution in [0.25, 0.3) is 0 Å². The van der Waals surface area contributed by atoms with E-state index in [9.17, 15) is 14.4 Å². The summed E-state index contributed by atoms with van der Waals surface area (Å²) in [6.07, 6.45) is -0.256. The Bertz CT molecular complexity index is 552. The van der Waals surface area contributed by atoms with Crippen molar-refractivity contribution >= 4 is 17.9 Å². The van der Waals surface area contributed by atoms with Crippen molar-refractivity contribution in [1.29, 1.82) is 5.26 Å². The number of nitrogens with zero attached hydrogens (tertiary/aromatic N) is 3. The summed E-state index contributed by atoms with van der Waals surface area (Å²) in [7, 11) is 0. The van der Waals surface area contributed by atoms with E-state index in [0.717, 1.165) is 0 Å². The van der Waals surface area contributed by atoms with Crippen molar-refractivity contribution in [3.8, 4) is 6.07 Å². The topological polar surface area (TPSA) is 103 Å². The minimum Gasteiger partial charge on any atom is -0.444 e. The summed E-state index contributed by atoms with van der Waals surface area (Å²) in [6, 6.07) is 1.98. The van der Waals surface area contributed by atoms with Gasteiger partial charge in [-0.25, -0.2) is 4.79 Å². The number of hydrogen-bond acceptors (Lipinski definition) is 5. The molecule has 0 aromatic rings. The van der Waals surface area contributed by atoms with Crippen LogP contribution in [0.1, 0.15) is 47.5 Å². The highest BCUT2D eigenvalue weighted by Crippen LogP contribution is 2.12. The zero-order chi connectivity index (χ0) is 19.3. The first-order chi connectivity index (χ1) is 11.4. The molecule has 1 fully saturated rings. The first-order valence-electron chi connectivity index (χ1n) is 8.41. The lowest BCUT2D eigenvalue weighted by Crippen LogP contribution is -2.51. The van der Waals surface area contributed by atoms with E-state index in [1.165, 1.54) is 0 Å². The normalized spacial score (nSPS) is 15.4. The quantitative estimate of drug-likeness (QED) is 0.820. The highest BCUT2D eigenvalue weighted by molar-refractivity contribution is 5.84. The molecule has 140 valence electrons. The maximum Gasteiger partial charge on any atom is 0.410 e. The van der Waals surface area contributed by atoms with E-state index in [4.69, 9.17) is 10.00 Å². The number of amides is 3. The highest BCUT2D eigenvalue weighted by Gasteiger charge is 2.28. The van der Waals surface area contributed by atoms with Crippen molar-refractivity contribution in [2.24, 2.45) is 0 Å². The summed E-state index contributed by atoms with van der Waals surface area (Å²) in [5, 5.41) is 11.4. The molecule has 1 heterocycles. The summed E-state index contributed by atoms with van der Waals surface area (Å²) >= 11 is 0. The summed E-state index contributed by atoms with van der Waals surface area (Å²) < 4.78 is 5.31. The van der Waals surface area contributed by atoms with Crippen molar-refractivity contribution in [3.63, 3.8) is 0 Å². The van der Waals surface area contributed by atoms with E-state index >= 15 is 0 Å². The van der Waals surface area contributed by atoms with E-state index in [1.54, 1.807) is 23.6 Å². The Kier molecular flexibility index (Phi) is 6.79. The van der Waals surface area contributed by atoms with Crippen LogP contribution in [0.5, 0.6) is 0 Å². The molecule has 0 atom stereocenters. The second-order valence-corrected chi connectivity index (χ2v) is 7.63. The lowest BCUT2D eigenvalue weighted by atomic mass is 10.1. The monoisotopic (exact) mass is 352 g/mol. The molecule has 25 heavy (non-hydrogen) atoms. The number of carbonyl (C=O) groups is 3. The lowest BCUT2D eigenvalue weighted by molar-refractivity contribution is -0.135. The van der Waals surface area contributed by atoms with Crippen LogP contribution in [0.15, 0.2) is 0 Å². The maximum atomic E-state index is 12.2. The molecule has 1 aliphatic heterocycles. The van der Waals surface area contributed by atoms with Gasteiger partial charge in [-0.05, 0) is 34.6 Å². The van der Waals surface area contributed by atoms with Gasteiger partial charge < -0.3 is 19.9 Å². The third kappa shape index (κ3) is 7.42. The Morgan fingerprint density at radius 3 is 2.00 bits per heavy atom. The Morgan fingerprint density at radius 2 is 1.52 bits per heavy atom. The van der Waals surface area contributed by atoms with Crippen LogP contribution >= 0.6 is 0 Å². The Labute approximate surface area is 149 Å². The fourth-order valence-corrected chi connectivity index (χ4v) is 2.28. The molecule has 3 amide bonds. The average molecular weight is 352 g/mol. The largest absolute Gasteiger partial charge is 0.444 e. The molecule has 1 rings (SSSR count). The summed E-state index contributed by atoms with van der Waals surface area (Å²) in [4.78, 5) is 39.2. The summed E-state index contributed by atoms with van der Waals surface area (Å²) in [6.45, 7) is 10.3. The zero-order valence-corrected chi connectivity index (χ0v) is 15.7. The van der Waals surface area contributed by atoms with Gasteiger partial charge >= 0.3 is 6.09 Å². The van der Waals surface area contributed by atoms with Crippen LogP contribution in [-0.4, -0.2) is 65.0 Å². The van der Waals surface area contributed by atoms with E-state index in [-0.39, 0.29) is 30.7 Å². The molecule has 0 radical (unpaired) electrons. The van der Waals surface area contributed by atoms with Gasteiger partial charge in [-0.3, -0.25) is 9.59 Å². The second kappa shape index (κ2) is 8.19. The molecule has 0 saturated carbocycles. The fourth-order valence-electron chi connectivity index (χ4n) is 2.28. The fraction of sp³-hybridized carbons (Fsp3) is 0.765. The van der Waals surface area contributed by atoms with E-state index in [1.807, 2.05) is 26.8 Å². The van der Waals surface area contributed by atoms with Gasteiger partial charge in [0.2, 0.25) is 11.8 Å². The number of nitriles is 1. The molecular weight excluding hydrogens is 324 g/mol. The first kappa shape index (κ1) is 20.7. The van der Waals surface area contributed by atoms with Crippen LogP contribution in [0.3, 0.4) is 0 Å².